The summed E-state index contributed by atoms with van der Waals surface area (Å²) < 4.78 is 4.93. The molecule has 0 aliphatic heterocycles. The van der Waals surface area contributed by atoms with Crippen LogP contribution in [0.15, 0.2) is 28.8 Å². The molecule has 1 aromatic heterocycles. The standard InChI is InChI=1S/C11H8ClNO3/c1-6-3-2-4-7(10(6)12)9-5-8(11(14)15)13-16-9/h2-5H,1H3,(H,14,15). The Balaban J connectivity index is 2.50. The first-order valence-electron chi connectivity index (χ1n) is 4.55. The average molecular weight is 238 g/mol. The molecule has 16 heavy (non-hydrogen) atoms. The molecule has 1 heterocycles. The van der Waals surface area contributed by atoms with Crippen molar-refractivity contribution in [3.05, 3.63) is 40.5 Å². The van der Waals surface area contributed by atoms with Crippen molar-refractivity contribution in [2.75, 3.05) is 0 Å². The summed E-state index contributed by atoms with van der Waals surface area (Å²) >= 11 is 6.08. The molecule has 2 aromatic rings. The number of carbonyl (C=O) groups is 1. The second-order valence-corrected chi connectivity index (χ2v) is 3.70. The van der Waals surface area contributed by atoms with Crippen LogP contribution < -0.4 is 0 Å². The van der Waals surface area contributed by atoms with Crippen LogP contribution in [0.3, 0.4) is 0 Å². The van der Waals surface area contributed by atoms with Crippen molar-refractivity contribution in [3.8, 4) is 11.3 Å². The minimum Gasteiger partial charge on any atom is -0.476 e. The van der Waals surface area contributed by atoms with Gasteiger partial charge in [-0.1, -0.05) is 28.9 Å². The summed E-state index contributed by atoms with van der Waals surface area (Å²) in [7, 11) is 0. The van der Waals surface area contributed by atoms with Crippen molar-refractivity contribution in [1.82, 2.24) is 5.16 Å². The zero-order chi connectivity index (χ0) is 11.7. The molecule has 0 saturated heterocycles. The van der Waals surface area contributed by atoms with E-state index in [1.165, 1.54) is 6.07 Å². The largest absolute Gasteiger partial charge is 0.476 e. The fraction of sp³-hybridized carbons (Fsp3) is 0.0909. The Hall–Kier alpha value is -1.81. The lowest BCUT2D eigenvalue weighted by Crippen LogP contribution is -1.94. The second-order valence-electron chi connectivity index (χ2n) is 3.32. The summed E-state index contributed by atoms with van der Waals surface area (Å²) in [5.74, 6) is -0.773. The SMILES string of the molecule is Cc1cccc(-c2cc(C(=O)O)no2)c1Cl. The van der Waals surface area contributed by atoms with Crippen LogP contribution >= 0.6 is 11.6 Å². The summed E-state index contributed by atoms with van der Waals surface area (Å²) in [5, 5.41) is 12.7. The van der Waals surface area contributed by atoms with Crippen LogP contribution in [-0.2, 0) is 0 Å². The highest BCUT2D eigenvalue weighted by Crippen LogP contribution is 2.30. The van der Waals surface area contributed by atoms with Gasteiger partial charge >= 0.3 is 5.97 Å². The molecule has 0 unspecified atom stereocenters. The summed E-state index contributed by atoms with van der Waals surface area (Å²) in [6.07, 6.45) is 0. The molecule has 0 aliphatic carbocycles. The lowest BCUT2D eigenvalue weighted by atomic mass is 10.1. The number of aromatic nitrogens is 1. The van der Waals surface area contributed by atoms with E-state index >= 15 is 0 Å². The molecule has 2 rings (SSSR count). The molecule has 0 fully saturated rings. The molecule has 1 aromatic carbocycles. The second kappa shape index (κ2) is 3.98. The van der Waals surface area contributed by atoms with Gasteiger partial charge in [0, 0.05) is 11.6 Å². The Morgan fingerprint density at radius 3 is 2.88 bits per heavy atom. The molecule has 0 radical (unpaired) electrons. The fourth-order valence-corrected chi connectivity index (χ4v) is 1.56. The van der Waals surface area contributed by atoms with Gasteiger partial charge < -0.3 is 9.63 Å². The highest BCUT2D eigenvalue weighted by Gasteiger charge is 2.14. The van der Waals surface area contributed by atoms with Gasteiger partial charge in [-0.15, -0.1) is 0 Å². The van der Waals surface area contributed by atoms with Gasteiger partial charge in [-0.25, -0.2) is 4.79 Å². The van der Waals surface area contributed by atoms with Crippen molar-refractivity contribution in [1.29, 1.82) is 0 Å². The van der Waals surface area contributed by atoms with Gasteiger partial charge in [0.2, 0.25) is 0 Å². The zero-order valence-electron chi connectivity index (χ0n) is 8.40. The van der Waals surface area contributed by atoms with E-state index in [-0.39, 0.29) is 5.69 Å². The highest BCUT2D eigenvalue weighted by atomic mass is 35.5. The third-order valence-electron chi connectivity index (χ3n) is 2.19. The number of nitrogens with zero attached hydrogens (tertiary/aromatic N) is 1. The molecule has 0 atom stereocenters. The van der Waals surface area contributed by atoms with Crippen LogP contribution in [0.2, 0.25) is 5.02 Å². The molecular weight excluding hydrogens is 230 g/mol. The van der Waals surface area contributed by atoms with Gasteiger partial charge in [0.1, 0.15) is 0 Å². The maximum atomic E-state index is 10.6. The number of benzene rings is 1. The van der Waals surface area contributed by atoms with Gasteiger partial charge in [-0.05, 0) is 18.6 Å². The number of hydrogen-bond acceptors (Lipinski definition) is 3. The first kappa shape index (κ1) is 10.7. The molecule has 5 heteroatoms. The van der Waals surface area contributed by atoms with E-state index in [2.05, 4.69) is 5.16 Å². The predicted molar refractivity (Wildman–Crippen MR) is 58.6 cm³/mol. The number of halogens is 1. The number of rotatable bonds is 2. The van der Waals surface area contributed by atoms with E-state index in [9.17, 15) is 4.79 Å². The van der Waals surface area contributed by atoms with E-state index in [1.807, 2.05) is 19.1 Å². The average Bonchev–Trinajstić information content (AvgIpc) is 2.71. The summed E-state index contributed by atoms with van der Waals surface area (Å²) in [6.45, 7) is 1.86. The number of aryl methyl sites for hydroxylation is 1. The molecule has 0 saturated carbocycles. The number of carboxylic acids is 1. The number of aromatic carboxylic acids is 1. The van der Waals surface area contributed by atoms with Crippen LogP contribution in [0.1, 0.15) is 16.1 Å². The minimum atomic E-state index is -1.13. The minimum absolute atomic E-state index is 0.132. The van der Waals surface area contributed by atoms with Crippen LogP contribution in [0.4, 0.5) is 0 Å². The predicted octanol–water partition coefficient (Wildman–Crippen LogP) is 3.00. The third kappa shape index (κ3) is 1.79. The van der Waals surface area contributed by atoms with Crippen LogP contribution in [0.25, 0.3) is 11.3 Å². The molecule has 82 valence electrons. The normalized spacial score (nSPS) is 10.4. The van der Waals surface area contributed by atoms with Crippen molar-refractivity contribution >= 4 is 17.6 Å². The maximum absolute atomic E-state index is 10.6. The molecule has 0 aliphatic rings. The van der Waals surface area contributed by atoms with Crippen molar-refractivity contribution in [2.24, 2.45) is 0 Å². The molecule has 1 N–H and O–H groups in total. The molecule has 0 spiro atoms. The van der Waals surface area contributed by atoms with E-state index < -0.39 is 5.97 Å². The van der Waals surface area contributed by atoms with Crippen LogP contribution in [-0.4, -0.2) is 16.2 Å². The third-order valence-corrected chi connectivity index (χ3v) is 2.69. The monoisotopic (exact) mass is 237 g/mol. The molecular formula is C11H8ClNO3. The van der Waals surface area contributed by atoms with E-state index in [1.54, 1.807) is 6.07 Å². The summed E-state index contributed by atoms with van der Waals surface area (Å²) in [4.78, 5) is 10.6. The number of carboxylic acid groups (broad SMARTS) is 1. The Morgan fingerprint density at radius 1 is 1.50 bits per heavy atom. The lowest BCUT2D eigenvalue weighted by Gasteiger charge is -2.01. The van der Waals surface area contributed by atoms with Gasteiger partial charge in [-0.2, -0.15) is 0 Å². The van der Waals surface area contributed by atoms with E-state index in [0.29, 0.717) is 16.3 Å². The lowest BCUT2D eigenvalue weighted by molar-refractivity contribution is 0.0686. The fourth-order valence-electron chi connectivity index (χ4n) is 1.34. The zero-order valence-corrected chi connectivity index (χ0v) is 9.15. The summed E-state index contributed by atoms with van der Waals surface area (Å²) in [6, 6.07) is 6.78. The smallest absolute Gasteiger partial charge is 0.358 e. The van der Waals surface area contributed by atoms with Gasteiger partial charge in [0.15, 0.2) is 11.5 Å². The topological polar surface area (TPSA) is 63.3 Å². The number of hydrogen-bond donors (Lipinski definition) is 1. The maximum Gasteiger partial charge on any atom is 0.358 e. The first-order valence-corrected chi connectivity index (χ1v) is 4.93. The molecule has 4 nitrogen and oxygen atoms in total. The molecule has 0 amide bonds. The Kier molecular flexibility index (Phi) is 2.66. The van der Waals surface area contributed by atoms with E-state index in [4.69, 9.17) is 21.2 Å². The summed E-state index contributed by atoms with van der Waals surface area (Å²) in [5.41, 5.74) is 1.40. The van der Waals surface area contributed by atoms with Gasteiger partial charge in [0.05, 0.1) is 5.02 Å². The van der Waals surface area contributed by atoms with Crippen LogP contribution in [0.5, 0.6) is 0 Å². The Morgan fingerprint density at radius 2 is 2.25 bits per heavy atom. The Bertz CT molecular complexity index is 548. The Labute approximate surface area is 96.4 Å². The quantitative estimate of drug-likeness (QED) is 0.872. The van der Waals surface area contributed by atoms with Crippen molar-refractivity contribution in [2.45, 2.75) is 6.92 Å². The van der Waals surface area contributed by atoms with Crippen molar-refractivity contribution in [3.63, 3.8) is 0 Å². The van der Waals surface area contributed by atoms with E-state index in [0.717, 1.165) is 5.56 Å². The molecule has 0 bridgehead atoms. The van der Waals surface area contributed by atoms with Gasteiger partial charge in [0.25, 0.3) is 0 Å². The van der Waals surface area contributed by atoms with Crippen molar-refractivity contribution < 1.29 is 14.4 Å². The first-order chi connectivity index (χ1) is 7.59. The highest BCUT2D eigenvalue weighted by molar-refractivity contribution is 6.34. The van der Waals surface area contributed by atoms with Gasteiger partial charge in [-0.3, -0.25) is 0 Å². The van der Waals surface area contributed by atoms with Crippen LogP contribution in [0, 0.1) is 6.92 Å².